The smallest absolute Gasteiger partial charge is 0.0585 e. The van der Waals surface area contributed by atoms with Gasteiger partial charge in [0.25, 0.3) is 0 Å². The van der Waals surface area contributed by atoms with Crippen LogP contribution in [0.1, 0.15) is 30.5 Å². The fourth-order valence-electron chi connectivity index (χ4n) is 6.14. The molecule has 6 aromatic rings. The highest BCUT2D eigenvalue weighted by Crippen LogP contribution is 2.55. The first kappa shape index (κ1) is 20.1. The van der Waals surface area contributed by atoms with Gasteiger partial charge in [-0.05, 0) is 52.6 Å². The molecule has 2 nitrogen and oxygen atoms in total. The van der Waals surface area contributed by atoms with Crippen LogP contribution < -0.4 is 0 Å². The third kappa shape index (κ3) is 2.54. The number of fused-ring (bicyclic) bond motifs is 9. The topological polar surface area (TPSA) is 20.7 Å². The summed E-state index contributed by atoms with van der Waals surface area (Å²) in [5.41, 5.74) is 12.1. The standard InChI is InChI=1S/C33H26N2/c1-5-20(2)21-15-17-27-25(19-21)23-16-18-28-29(31(23)34-27)30-32(35(28)22-11-7-6-8-12-22)24-13-9-10-14-26(24)33(30,3)4/h5-19,34H,1-2H2,3-4H3. The monoisotopic (exact) mass is 450 g/mol. The Hall–Kier alpha value is -4.30. The van der Waals surface area contributed by atoms with E-state index in [1.807, 2.05) is 6.08 Å². The van der Waals surface area contributed by atoms with Crippen molar-refractivity contribution in [2.45, 2.75) is 19.3 Å². The lowest BCUT2D eigenvalue weighted by Crippen LogP contribution is -2.14. The molecule has 2 heteroatoms. The van der Waals surface area contributed by atoms with Gasteiger partial charge in [-0.15, -0.1) is 0 Å². The lowest BCUT2D eigenvalue weighted by molar-refractivity contribution is 0.666. The first-order valence-corrected chi connectivity index (χ1v) is 12.1. The Morgan fingerprint density at radius 3 is 2.46 bits per heavy atom. The molecule has 0 atom stereocenters. The van der Waals surface area contributed by atoms with Crippen molar-refractivity contribution >= 4 is 38.3 Å². The number of H-pyrrole nitrogens is 1. The third-order valence-corrected chi connectivity index (χ3v) is 7.82. The van der Waals surface area contributed by atoms with Crippen molar-refractivity contribution in [3.05, 3.63) is 121 Å². The molecule has 1 aliphatic carbocycles. The summed E-state index contributed by atoms with van der Waals surface area (Å²) in [5.74, 6) is 0. The highest BCUT2D eigenvalue weighted by molar-refractivity contribution is 6.20. The molecule has 0 saturated carbocycles. The van der Waals surface area contributed by atoms with Gasteiger partial charge in [-0.1, -0.05) is 87.7 Å². The van der Waals surface area contributed by atoms with E-state index in [1.54, 1.807) is 0 Å². The lowest BCUT2D eigenvalue weighted by atomic mass is 9.81. The van der Waals surface area contributed by atoms with Gasteiger partial charge in [-0.3, -0.25) is 0 Å². The van der Waals surface area contributed by atoms with Crippen molar-refractivity contribution in [2.24, 2.45) is 0 Å². The average molecular weight is 451 g/mol. The first-order valence-electron chi connectivity index (χ1n) is 12.1. The fourth-order valence-corrected chi connectivity index (χ4v) is 6.14. The summed E-state index contributed by atoms with van der Waals surface area (Å²) in [6, 6.07) is 30.7. The maximum Gasteiger partial charge on any atom is 0.0585 e. The second-order valence-electron chi connectivity index (χ2n) is 10.1. The van der Waals surface area contributed by atoms with Gasteiger partial charge >= 0.3 is 0 Å². The van der Waals surface area contributed by atoms with Crippen molar-refractivity contribution < 1.29 is 0 Å². The highest BCUT2D eigenvalue weighted by Gasteiger charge is 2.41. The molecule has 0 unspecified atom stereocenters. The minimum Gasteiger partial charge on any atom is -0.354 e. The molecular formula is C33H26N2. The number of rotatable bonds is 3. The van der Waals surface area contributed by atoms with Gasteiger partial charge in [0.05, 0.1) is 16.7 Å². The van der Waals surface area contributed by atoms with Crippen LogP contribution in [0.4, 0.5) is 0 Å². The average Bonchev–Trinajstić information content (AvgIpc) is 3.51. The van der Waals surface area contributed by atoms with E-state index < -0.39 is 0 Å². The molecule has 168 valence electrons. The van der Waals surface area contributed by atoms with E-state index in [-0.39, 0.29) is 5.41 Å². The van der Waals surface area contributed by atoms with Gasteiger partial charge < -0.3 is 9.55 Å². The van der Waals surface area contributed by atoms with Gasteiger partial charge in [0.15, 0.2) is 0 Å². The van der Waals surface area contributed by atoms with E-state index in [2.05, 4.69) is 121 Å². The van der Waals surface area contributed by atoms with Gasteiger partial charge in [-0.25, -0.2) is 0 Å². The molecule has 35 heavy (non-hydrogen) atoms. The zero-order valence-electron chi connectivity index (χ0n) is 20.0. The summed E-state index contributed by atoms with van der Waals surface area (Å²) in [6.45, 7) is 12.8. The van der Waals surface area contributed by atoms with Crippen LogP contribution in [0.25, 0.3) is 55.2 Å². The number of benzene rings is 4. The molecule has 0 amide bonds. The number of hydrogen-bond donors (Lipinski definition) is 1. The van der Waals surface area contributed by atoms with Crippen LogP contribution in [0.5, 0.6) is 0 Å². The van der Waals surface area contributed by atoms with E-state index in [9.17, 15) is 0 Å². The summed E-state index contributed by atoms with van der Waals surface area (Å²) in [4.78, 5) is 3.80. The van der Waals surface area contributed by atoms with Crippen molar-refractivity contribution in [1.29, 1.82) is 0 Å². The number of aromatic nitrogens is 2. The number of nitrogens with one attached hydrogen (secondary N) is 1. The van der Waals surface area contributed by atoms with Crippen molar-refractivity contribution in [2.75, 3.05) is 0 Å². The molecule has 2 aromatic heterocycles. The Labute approximate surface area is 204 Å². The largest absolute Gasteiger partial charge is 0.354 e. The Balaban J connectivity index is 1.68. The Morgan fingerprint density at radius 2 is 1.66 bits per heavy atom. The molecule has 0 fully saturated rings. The highest BCUT2D eigenvalue weighted by atomic mass is 15.0. The Kier molecular flexibility index (Phi) is 3.94. The minimum absolute atomic E-state index is 0.113. The number of hydrogen-bond acceptors (Lipinski definition) is 0. The van der Waals surface area contributed by atoms with E-state index in [0.717, 1.165) is 16.7 Å². The molecular weight excluding hydrogens is 424 g/mol. The van der Waals surface area contributed by atoms with E-state index in [1.165, 1.54) is 55.3 Å². The molecule has 4 aromatic carbocycles. The van der Waals surface area contributed by atoms with Crippen molar-refractivity contribution in [3.63, 3.8) is 0 Å². The van der Waals surface area contributed by atoms with Gasteiger partial charge in [0.2, 0.25) is 0 Å². The molecule has 0 spiro atoms. The second-order valence-corrected chi connectivity index (χ2v) is 10.1. The van der Waals surface area contributed by atoms with Crippen LogP contribution in [0.3, 0.4) is 0 Å². The van der Waals surface area contributed by atoms with Crippen molar-refractivity contribution in [1.82, 2.24) is 9.55 Å². The maximum atomic E-state index is 4.16. The SMILES string of the molecule is C=CC(=C)c1ccc2[nH]c3c(ccc4c3c3c(n4-c4ccccc4)-c4ccccc4C3(C)C)c2c1. The predicted molar refractivity (Wildman–Crippen MR) is 149 cm³/mol. The predicted octanol–water partition coefficient (Wildman–Crippen LogP) is 8.77. The third-order valence-electron chi connectivity index (χ3n) is 7.82. The lowest BCUT2D eigenvalue weighted by Gasteiger charge is -2.21. The summed E-state index contributed by atoms with van der Waals surface area (Å²) < 4.78 is 2.45. The Bertz CT molecular complexity index is 1840. The summed E-state index contributed by atoms with van der Waals surface area (Å²) in [7, 11) is 0. The maximum absolute atomic E-state index is 4.16. The molecule has 0 aliphatic heterocycles. The molecule has 0 radical (unpaired) electrons. The van der Waals surface area contributed by atoms with Gasteiger partial charge in [0.1, 0.15) is 0 Å². The van der Waals surface area contributed by atoms with Crippen molar-refractivity contribution in [3.8, 4) is 16.9 Å². The van der Waals surface area contributed by atoms with Gasteiger partial charge in [-0.2, -0.15) is 0 Å². The summed E-state index contributed by atoms with van der Waals surface area (Å²) in [6.07, 6.45) is 1.82. The zero-order valence-corrected chi connectivity index (χ0v) is 20.0. The molecule has 1 aliphatic rings. The molecule has 1 N–H and O–H groups in total. The van der Waals surface area contributed by atoms with Crippen LogP contribution in [-0.2, 0) is 5.41 Å². The van der Waals surface area contributed by atoms with E-state index >= 15 is 0 Å². The van der Waals surface area contributed by atoms with Crippen LogP contribution in [0, 0.1) is 0 Å². The number of allylic oxidation sites excluding steroid dienone is 2. The molecule has 0 saturated heterocycles. The second kappa shape index (κ2) is 6.86. The van der Waals surface area contributed by atoms with Crippen LogP contribution in [0.2, 0.25) is 0 Å². The number of aromatic amines is 1. The molecule has 2 heterocycles. The van der Waals surface area contributed by atoms with E-state index in [4.69, 9.17) is 0 Å². The fraction of sp³-hybridized carbons (Fsp3) is 0.0909. The van der Waals surface area contributed by atoms with Crippen LogP contribution in [0.15, 0.2) is 104 Å². The molecule has 7 rings (SSSR count). The van der Waals surface area contributed by atoms with Crippen LogP contribution in [-0.4, -0.2) is 9.55 Å². The Morgan fingerprint density at radius 1 is 0.886 bits per heavy atom. The first-order chi connectivity index (χ1) is 17.0. The summed E-state index contributed by atoms with van der Waals surface area (Å²) in [5, 5.41) is 3.77. The number of nitrogens with zero attached hydrogens (tertiary/aromatic N) is 1. The summed E-state index contributed by atoms with van der Waals surface area (Å²) >= 11 is 0. The van der Waals surface area contributed by atoms with Crippen LogP contribution >= 0.6 is 0 Å². The zero-order chi connectivity index (χ0) is 23.9. The number of para-hydroxylation sites is 1. The quantitative estimate of drug-likeness (QED) is 0.260. The normalized spacial score (nSPS) is 13.9. The van der Waals surface area contributed by atoms with E-state index in [0.29, 0.717) is 0 Å². The molecule has 0 bridgehead atoms. The minimum atomic E-state index is -0.113. The van der Waals surface area contributed by atoms with Gasteiger partial charge in [0, 0.05) is 38.3 Å².